The Labute approximate surface area is 186 Å². The van der Waals surface area contributed by atoms with Crippen LogP contribution in [0, 0.1) is 5.82 Å². The summed E-state index contributed by atoms with van der Waals surface area (Å²) >= 11 is 0. The maximum Gasteiger partial charge on any atom is 0.224 e. The van der Waals surface area contributed by atoms with Crippen molar-refractivity contribution in [3.05, 3.63) is 65.6 Å². The fourth-order valence-corrected chi connectivity index (χ4v) is 4.74. The van der Waals surface area contributed by atoms with Crippen LogP contribution in [0.4, 0.5) is 15.9 Å². The van der Waals surface area contributed by atoms with E-state index in [9.17, 15) is 9.18 Å². The number of anilines is 2. The summed E-state index contributed by atoms with van der Waals surface area (Å²) < 4.78 is 15.1. The Hall–Kier alpha value is -3.29. The van der Waals surface area contributed by atoms with E-state index in [-0.39, 0.29) is 17.8 Å². The third kappa shape index (κ3) is 4.35. The fraction of sp³-hybridized carbons (Fsp3) is 0.417. The number of halogens is 1. The number of carbonyl (C=O) groups is 1. The molecular weight excluding hydrogens is 407 g/mol. The van der Waals surface area contributed by atoms with E-state index in [1.165, 1.54) is 36.4 Å². The number of amides is 1. The van der Waals surface area contributed by atoms with Crippen molar-refractivity contribution in [1.82, 2.24) is 24.6 Å². The molecule has 8 heteroatoms. The number of likely N-dealkylation sites (tertiary alicyclic amines) is 1. The van der Waals surface area contributed by atoms with Crippen LogP contribution < -0.4 is 5.32 Å². The summed E-state index contributed by atoms with van der Waals surface area (Å²) in [5.74, 6) is 0.342. The Balaban J connectivity index is 1.21. The molecule has 0 radical (unpaired) electrons. The van der Waals surface area contributed by atoms with E-state index < -0.39 is 0 Å². The summed E-state index contributed by atoms with van der Waals surface area (Å²) in [6.45, 7) is 1.40. The molecule has 3 aromatic heterocycles. The molecule has 1 saturated heterocycles. The molecule has 2 aliphatic rings. The van der Waals surface area contributed by atoms with Gasteiger partial charge in [-0.2, -0.15) is 5.10 Å². The average Bonchev–Trinajstić information content (AvgIpc) is 3.47. The van der Waals surface area contributed by atoms with Crippen LogP contribution in [0.2, 0.25) is 0 Å². The molecule has 0 unspecified atom stereocenters. The van der Waals surface area contributed by atoms with Gasteiger partial charge in [-0.25, -0.2) is 9.37 Å². The minimum Gasteiger partial charge on any atom is -0.339 e. The van der Waals surface area contributed by atoms with E-state index in [1.807, 2.05) is 27.9 Å². The molecule has 0 saturated carbocycles. The van der Waals surface area contributed by atoms with Crippen LogP contribution in [0.1, 0.15) is 55.1 Å². The van der Waals surface area contributed by atoms with Crippen LogP contribution in [-0.2, 0) is 24.2 Å². The van der Waals surface area contributed by atoms with Crippen LogP contribution in [0.25, 0.3) is 0 Å². The Morgan fingerprint density at radius 2 is 1.97 bits per heavy atom. The predicted molar refractivity (Wildman–Crippen MR) is 119 cm³/mol. The second-order valence-electron chi connectivity index (χ2n) is 8.50. The highest BCUT2D eigenvalue weighted by Crippen LogP contribution is 2.32. The molecule has 32 heavy (non-hydrogen) atoms. The van der Waals surface area contributed by atoms with E-state index in [1.54, 1.807) is 12.3 Å². The van der Waals surface area contributed by atoms with Gasteiger partial charge in [0, 0.05) is 25.2 Å². The molecule has 4 heterocycles. The van der Waals surface area contributed by atoms with Crippen LogP contribution >= 0.6 is 0 Å². The van der Waals surface area contributed by atoms with Crippen molar-refractivity contribution >= 4 is 17.4 Å². The smallest absolute Gasteiger partial charge is 0.224 e. The zero-order chi connectivity index (χ0) is 21.9. The lowest BCUT2D eigenvalue weighted by molar-refractivity contribution is -0.132. The third-order valence-corrected chi connectivity index (χ3v) is 6.38. The van der Waals surface area contributed by atoms with Crippen molar-refractivity contribution in [2.45, 2.75) is 57.5 Å². The molecule has 7 nitrogen and oxygen atoms in total. The Morgan fingerprint density at radius 1 is 1.06 bits per heavy atom. The van der Waals surface area contributed by atoms with Gasteiger partial charge in [0.15, 0.2) is 0 Å². The average molecular weight is 435 g/mol. The molecule has 1 fully saturated rings. The lowest BCUT2D eigenvalue weighted by atomic mass is 9.98. The number of hydrogen-bond acceptors (Lipinski definition) is 5. The number of fused-ring (bicyclic) bond motifs is 1. The van der Waals surface area contributed by atoms with Gasteiger partial charge in [-0.3, -0.25) is 14.5 Å². The molecule has 0 bridgehead atoms. The van der Waals surface area contributed by atoms with Crippen LogP contribution in [0.15, 0.2) is 42.9 Å². The summed E-state index contributed by atoms with van der Waals surface area (Å²) in [5.41, 5.74) is 4.32. The maximum atomic E-state index is 13.0. The molecule has 1 aliphatic carbocycles. The van der Waals surface area contributed by atoms with Gasteiger partial charge >= 0.3 is 0 Å². The van der Waals surface area contributed by atoms with Crippen LogP contribution in [-0.4, -0.2) is 37.1 Å². The number of hydrogen-bond donors (Lipinski definition) is 1. The third-order valence-electron chi connectivity index (χ3n) is 6.38. The number of aromatic nitrogens is 4. The van der Waals surface area contributed by atoms with Gasteiger partial charge in [-0.05, 0) is 68.4 Å². The van der Waals surface area contributed by atoms with Crippen molar-refractivity contribution < 1.29 is 9.18 Å². The number of aryl methyl sites for hydroxylation is 2. The summed E-state index contributed by atoms with van der Waals surface area (Å²) in [5, 5.41) is 7.64. The van der Waals surface area contributed by atoms with Crippen molar-refractivity contribution in [1.29, 1.82) is 0 Å². The van der Waals surface area contributed by atoms with Gasteiger partial charge in [0.25, 0.3) is 0 Å². The Morgan fingerprint density at radius 3 is 2.78 bits per heavy atom. The molecule has 1 amide bonds. The fourth-order valence-electron chi connectivity index (χ4n) is 4.74. The Bertz CT molecular complexity index is 1080. The molecule has 166 valence electrons. The minimum atomic E-state index is -0.373. The van der Waals surface area contributed by atoms with Gasteiger partial charge in [0.2, 0.25) is 5.91 Å². The van der Waals surface area contributed by atoms with E-state index in [0.717, 1.165) is 43.6 Å². The zero-order valence-electron chi connectivity index (χ0n) is 18.0. The highest BCUT2D eigenvalue weighted by molar-refractivity contribution is 5.77. The lowest BCUT2D eigenvalue weighted by Gasteiger charge is -2.25. The van der Waals surface area contributed by atoms with E-state index in [4.69, 9.17) is 0 Å². The maximum absolute atomic E-state index is 13.0. The number of pyridine rings is 2. The number of rotatable bonds is 6. The van der Waals surface area contributed by atoms with Gasteiger partial charge in [0.05, 0.1) is 36.0 Å². The van der Waals surface area contributed by atoms with Crippen LogP contribution in [0.5, 0.6) is 0 Å². The summed E-state index contributed by atoms with van der Waals surface area (Å²) in [7, 11) is 0. The van der Waals surface area contributed by atoms with Crippen LogP contribution in [0.3, 0.4) is 0 Å². The largest absolute Gasteiger partial charge is 0.339 e. The van der Waals surface area contributed by atoms with Crippen molar-refractivity contribution in [2.24, 2.45) is 0 Å². The quantitative estimate of drug-likeness (QED) is 0.630. The standard InChI is InChI=1S/C24H27FN6O/c25-18-7-10-23(27-15-18)29-19-8-9-20(26-16-19)22-6-3-12-30(22)24(32)11-13-31-21-5-2-1-4-17(21)14-28-31/h7-10,14-16,22H,1-6,11-13H2,(H,27,29)/t22-/m1/s1. The highest BCUT2D eigenvalue weighted by Gasteiger charge is 2.30. The molecule has 0 aromatic carbocycles. The van der Waals surface area contributed by atoms with Gasteiger partial charge in [-0.1, -0.05) is 0 Å². The summed E-state index contributed by atoms with van der Waals surface area (Å²) in [6, 6.07) is 6.82. The van der Waals surface area contributed by atoms with E-state index in [2.05, 4.69) is 20.4 Å². The highest BCUT2D eigenvalue weighted by atomic mass is 19.1. The normalized spacial score (nSPS) is 17.9. The molecule has 3 aromatic rings. The number of nitrogens with one attached hydrogen (secondary N) is 1. The molecular formula is C24H27FN6O. The number of nitrogens with zero attached hydrogens (tertiary/aromatic N) is 5. The van der Waals surface area contributed by atoms with Crippen molar-refractivity contribution in [2.75, 3.05) is 11.9 Å². The second kappa shape index (κ2) is 9.06. The first kappa shape index (κ1) is 20.6. The summed E-state index contributed by atoms with van der Waals surface area (Å²) in [6.07, 6.45) is 11.8. The minimum absolute atomic E-state index is 0.00651. The monoisotopic (exact) mass is 434 g/mol. The second-order valence-corrected chi connectivity index (χ2v) is 8.50. The first-order valence-electron chi connectivity index (χ1n) is 11.3. The lowest BCUT2D eigenvalue weighted by Crippen LogP contribution is -2.31. The predicted octanol–water partition coefficient (Wildman–Crippen LogP) is 4.19. The van der Waals surface area contributed by atoms with Gasteiger partial charge in [0.1, 0.15) is 11.6 Å². The molecule has 1 N–H and O–H groups in total. The van der Waals surface area contributed by atoms with Gasteiger partial charge < -0.3 is 10.2 Å². The topological polar surface area (TPSA) is 75.9 Å². The number of carbonyl (C=O) groups excluding carboxylic acids is 1. The molecule has 5 rings (SSSR count). The van der Waals surface area contributed by atoms with E-state index >= 15 is 0 Å². The Kier molecular flexibility index (Phi) is 5.83. The van der Waals surface area contributed by atoms with Crippen molar-refractivity contribution in [3.8, 4) is 0 Å². The SMILES string of the molecule is O=C(CCn1ncc2c1CCCC2)N1CCC[C@@H]1c1ccc(Nc2ccc(F)cn2)cn1. The molecule has 0 spiro atoms. The first-order valence-corrected chi connectivity index (χ1v) is 11.3. The van der Waals surface area contributed by atoms with Crippen molar-refractivity contribution in [3.63, 3.8) is 0 Å². The first-order chi connectivity index (χ1) is 15.7. The summed E-state index contributed by atoms with van der Waals surface area (Å²) in [4.78, 5) is 23.6. The van der Waals surface area contributed by atoms with E-state index in [0.29, 0.717) is 18.8 Å². The molecule has 1 aliphatic heterocycles. The van der Waals surface area contributed by atoms with Gasteiger partial charge in [-0.15, -0.1) is 0 Å². The molecule has 1 atom stereocenters. The zero-order valence-corrected chi connectivity index (χ0v) is 18.0.